The van der Waals surface area contributed by atoms with Crippen LogP contribution in [0.5, 0.6) is 0 Å². The Bertz CT molecular complexity index is 803. The second kappa shape index (κ2) is 8.32. The van der Waals surface area contributed by atoms with Crippen LogP contribution in [-0.4, -0.2) is 9.55 Å². The highest BCUT2D eigenvalue weighted by Gasteiger charge is 2.17. The molecular formula is C22H25ClN2S. The maximum atomic E-state index is 6.00. The van der Waals surface area contributed by atoms with E-state index < -0.39 is 0 Å². The molecule has 0 spiro atoms. The van der Waals surface area contributed by atoms with E-state index in [0.29, 0.717) is 5.25 Å². The fraction of sp³-hybridized carbons (Fsp3) is 0.318. The third kappa shape index (κ3) is 5.15. The molecule has 3 rings (SSSR count). The molecule has 0 bridgehead atoms. The molecule has 0 radical (unpaired) electrons. The summed E-state index contributed by atoms with van der Waals surface area (Å²) < 4.78 is 2.15. The van der Waals surface area contributed by atoms with Gasteiger partial charge in [0.25, 0.3) is 0 Å². The van der Waals surface area contributed by atoms with Crippen molar-refractivity contribution in [3.8, 4) is 0 Å². The summed E-state index contributed by atoms with van der Waals surface area (Å²) in [4.78, 5) is 4.18. The van der Waals surface area contributed by atoms with Gasteiger partial charge in [0, 0.05) is 35.0 Å². The number of thioether (sulfide) groups is 1. The van der Waals surface area contributed by atoms with Gasteiger partial charge in [-0.15, -0.1) is 11.8 Å². The number of hydrogen-bond donors (Lipinski definition) is 0. The zero-order valence-corrected chi connectivity index (χ0v) is 17.1. The summed E-state index contributed by atoms with van der Waals surface area (Å²) in [6.07, 6.45) is 5.75. The van der Waals surface area contributed by atoms with Gasteiger partial charge in [-0.1, -0.05) is 68.8 Å². The number of aromatic nitrogens is 2. The molecule has 3 aromatic rings. The van der Waals surface area contributed by atoms with Crippen molar-refractivity contribution in [3.63, 3.8) is 0 Å². The number of rotatable bonds is 6. The van der Waals surface area contributed by atoms with Crippen molar-refractivity contribution in [3.05, 3.63) is 89.0 Å². The lowest BCUT2D eigenvalue weighted by Gasteiger charge is -2.22. The first-order chi connectivity index (χ1) is 12.4. The molecule has 0 aliphatic carbocycles. The van der Waals surface area contributed by atoms with E-state index in [1.807, 2.05) is 42.6 Å². The first kappa shape index (κ1) is 19.1. The Kier molecular flexibility index (Phi) is 6.10. The van der Waals surface area contributed by atoms with Crippen molar-refractivity contribution < 1.29 is 0 Å². The van der Waals surface area contributed by atoms with Gasteiger partial charge in [0.2, 0.25) is 0 Å². The molecule has 1 atom stereocenters. The van der Waals surface area contributed by atoms with Gasteiger partial charge in [0.05, 0.1) is 6.33 Å². The van der Waals surface area contributed by atoms with Crippen molar-refractivity contribution in [1.82, 2.24) is 9.55 Å². The molecule has 0 N–H and O–H groups in total. The van der Waals surface area contributed by atoms with Gasteiger partial charge in [-0.3, -0.25) is 0 Å². The van der Waals surface area contributed by atoms with E-state index >= 15 is 0 Å². The van der Waals surface area contributed by atoms with Crippen LogP contribution in [-0.2, 0) is 17.7 Å². The molecule has 2 aromatic carbocycles. The fourth-order valence-electron chi connectivity index (χ4n) is 2.82. The van der Waals surface area contributed by atoms with E-state index in [0.717, 1.165) is 17.3 Å². The van der Waals surface area contributed by atoms with E-state index in [1.165, 1.54) is 16.7 Å². The van der Waals surface area contributed by atoms with Crippen LogP contribution >= 0.6 is 23.4 Å². The van der Waals surface area contributed by atoms with Gasteiger partial charge in [-0.25, -0.2) is 4.98 Å². The van der Waals surface area contributed by atoms with Crippen LogP contribution in [0.4, 0.5) is 0 Å². The summed E-state index contributed by atoms with van der Waals surface area (Å²) in [6, 6.07) is 17.2. The summed E-state index contributed by atoms with van der Waals surface area (Å²) in [7, 11) is 0. The van der Waals surface area contributed by atoms with Gasteiger partial charge in [-0.05, 0) is 34.2 Å². The van der Waals surface area contributed by atoms with E-state index in [-0.39, 0.29) is 5.41 Å². The van der Waals surface area contributed by atoms with E-state index in [4.69, 9.17) is 11.6 Å². The van der Waals surface area contributed by atoms with Crippen LogP contribution in [0.3, 0.4) is 0 Å². The van der Waals surface area contributed by atoms with Crippen molar-refractivity contribution in [1.29, 1.82) is 0 Å². The molecular weight excluding hydrogens is 360 g/mol. The molecule has 0 saturated carbocycles. The average molecular weight is 385 g/mol. The molecule has 0 fully saturated rings. The molecule has 26 heavy (non-hydrogen) atoms. The average Bonchev–Trinajstić information content (AvgIpc) is 3.12. The fourth-order valence-corrected chi connectivity index (χ4v) is 4.15. The smallest absolute Gasteiger partial charge is 0.0946 e. The first-order valence-electron chi connectivity index (χ1n) is 8.84. The summed E-state index contributed by atoms with van der Waals surface area (Å²) >= 11 is 7.95. The molecule has 1 aromatic heterocycles. The van der Waals surface area contributed by atoms with E-state index in [2.05, 4.69) is 66.7 Å². The zero-order chi connectivity index (χ0) is 18.6. The minimum Gasteiger partial charge on any atom is -0.336 e. The summed E-state index contributed by atoms with van der Waals surface area (Å²) in [5.74, 6) is 0.956. The topological polar surface area (TPSA) is 17.8 Å². The van der Waals surface area contributed by atoms with Crippen LogP contribution < -0.4 is 0 Å². The zero-order valence-electron chi connectivity index (χ0n) is 15.5. The molecule has 4 heteroatoms. The third-order valence-electron chi connectivity index (χ3n) is 4.45. The van der Waals surface area contributed by atoms with Crippen molar-refractivity contribution in [2.75, 3.05) is 0 Å². The maximum absolute atomic E-state index is 6.00. The Balaban J connectivity index is 1.77. The van der Waals surface area contributed by atoms with Gasteiger partial charge in [0.15, 0.2) is 0 Å². The van der Waals surface area contributed by atoms with Gasteiger partial charge in [-0.2, -0.15) is 0 Å². The lowest BCUT2D eigenvalue weighted by molar-refractivity contribution is 0.589. The third-order valence-corrected chi connectivity index (χ3v) is 6.02. The lowest BCUT2D eigenvalue weighted by atomic mass is 9.86. The highest BCUT2D eigenvalue weighted by atomic mass is 35.5. The second-order valence-electron chi connectivity index (χ2n) is 7.56. The quantitative estimate of drug-likeness (QED) is 0.482. The Morgan fingerprint density at radius 3 is 2.31 bits per heavy atom. The molecule has 136 valence electrons. The largest absolute Gasteiger partial charge is 0.336 e. The number of hydrogen-bond acceptors (Lipinski definition) is 2. The number of halogens is 1. The van der Waals surface area contributed by atoms with Crippen LogP contribution in [0.2, 0.25) is 5.02 Å². The van der Waals surface area contributed by atoms with Gasteiger partial charge < -0.3 is 4.57 Å². The standard InChI is InChI=1S/C22H25ClN2S/c1-22(2,3)19-8-6-18(7-9-19)21(14-25-13-12-24-16-25)26-15-17-4-10-20(23)11-5-17/h4-13,16,21H,14-15H2,1-3H3. The predicted molar refractivity (Wildman–Crippen MR) is 113 cm³/mol. The minimum absolute atomic E-state index is 0.175. The van der Waals surface area contributed by atoms with Crippen LogP contribution in [0.1, 0.15) is 42.7 Å². The molecule has 0 saturated heterocycles. The number of benzene rings is 2. The van der Waals surface area contributed by atoms with Crippen molar-refractivity contribution in [2.45, 2.75) is 43.7 Å². The van der Waals surface area contributed by atoms with Crippen molar-refractivity contribution >= 4 is 23.4 Å². The highest BCUT2D eigenvalue weighted by molar-refractivity contribution is 7.98. The monoisotopic (exact) mass is 384 g/mol. The number of nitrogens with zero attached hydrogens (tertiary/aromatic N) is 2. The molecule has 1 unspecified atom stereocenters. The molecule has 1 heterocycles. The van der Waals surface area contributed by atoms with E-state index in [1.54, 1.807) is 0 Å². The first-order valence-corrected chi connectivity index (χ1v) is 10.3. The van der Waals surface area contributed by atoms with Gasteiger partial charge in [0.1, 0.15) is 0 Å². The minimum atomic E-state index is 0.175. The summed E-state index contributed by atoms with van der Waals surface area (Å²) in [6.45, 7) is 7.66. The Morgan fingerprint density at radius 1 is 1.04 bits per heavy atom. The molecule has 2 nitrogen and oxygen atoms in total. The van der Waals surface area contributed by atoms with Crippen LogP contribution in [0, 0.1) is 0 Å². The summed E-state index contributed by atoms with van der Waals surface area (Å²) in [5, 5.41) is 1.15. The van der Waals surface area contributed by atoms with E-state index in [9.17, 15) is 0 Å². The molecule has 0 aliphatic rings. The Morgan fingerprint density at radius 2 is 1.73 bits per heavy atom. The maximum Gasteiger partial charge on any atom is 0.0946 e. The molecule has 0 aliphatic heterocycles. The van der Waals surface area contributed by atoms with Crippen molar-refractivity contribution in [2.24, 2.45) is 0 Å². The lowest BCUT2D eigenvalue weighted by Crippen LogP contribution is -2.11. The SMILES string of the molecule is CC(C)(C)c1ccc(C(Cn2ccnc2)SCc2ccc(Cl)cc2)cc1. The predicted octanol–water partition coefficient (Wildman–Crippen LogP) is 6.51. The second-order valence-corrected chi connectivity index (χ2v) is 9.19. The molecule has 0 amide bonds. The highest BCUT2D eigenvalue weighted by Crippen LogP contribution is 2.34. The Labute approximate surface area is 165 Å². The Hall–Kier alpha value is -1.71. The van der Waals surface area contributed by atoms with Gasteiger partial charge >= 0.3 is 0 Å². The van der Waals surface area contributed by atoms with Crippen LogP contribution in [0.15, 0.2) is 67.3 Å². The normalized spacial score (nSPS) is 12.9. The van der Waals surface area contributed by atoms with Crippen LogP contribution in [0.25, 0.3) is 0 Å². The number of imidazole rings is 1. The summed E-state index contributed by atoms with van der Waals surface area (Å²) in [5.41, 5.74) is 4.19.